The molecule has 0 saturated carbocycles. The van der Waals surface area contributed by atoms with Gasteiger partial charge in [-0.2, -0.15) is 0 Å². The molecule has 4 rings (SSSR count). The number of anilines is 2. The Labute approximate surface area is 162 Å². The number of carboxylic acids is 1. The highest BCUT2D eigenvalue weighted by atomic mass is 16.5. The number of amides is 1. The summed E-state index contributed by atoms with van der Waals surface area (Å²) in [5, 5.41) is 12.4. The lowest BCUT2D eigenvalue weighted by molar-refractivity contribution is -0.139. The van der Waals surface area contributed by atoms with Gasteiger partial charge in [0.25, 0.3) is 5.91 Å². The summed E-state index contributed by atoms with van der Waals surface area (Å²) in [6.45, 7) is -0.459. The molecular formula is C22H18N2O4. The number of ether oxygens (including phenoxy) is 1. The number of nitrogens with zero attached hydrogens (tertiary/aromatic N) is 1. The predicted octanol–water partition coefficient (Wildman–Crippen LogP) is 3.92. The summed E-state index contributed by atoms with van der Waals surface area (Å²) >= 11 is 0. The van der Waals surface area contributed by atoms with E-state index in [9.17, 15) is 9.59 Å². The van der Waals surface area contributed by atoms with Crippen LogP contribution in [0.25, 0.3) is 0 Å². The van der Waals surface area contributed by atoms with Crippen molar-refractivity contribution in [3.63, 3.8) is 0 Å². The van der Waals surface area contributed by atoms with Crippen molar-refractivity contribution in [2.45, 2.75) is 6.17 Å². The fourth-order valence-electron chi connectivity index (χ4n) is 3.30. The Balaban J connectivity index is 1.82. The van der Waals surface area contributed by atoms with Crippen LogP contribution in [0.5, 0.6) is 5.75 Å². The van der Waals surface area contributed by atoms with Gasteiger partial charge < -0.3 is 15.2 Å². The Hall–Kier alpha value is -3.80. The van der Waals surface area contributed by atoms with Crippen molar-refractivity contribution in [1.29, 1.82) is 0 Å². The van der Waals surface area contributed by atoms with Gasteiger partial charge in [-0.05, 0) is 30.3 Å². The number of benzene rings is 3. The van der Waals surface area contributed by atoms with Crippen molar-refractivity contribution in [2.75, 3.05) is 16.8 Å². The van der Waals surface area contributed by atoms with Gasteiger partial charge in [0.15, 0.2) is 6.61 Å². The quantitative estimate of drug-likeness (QED) is 0.708. The predicted molar refractivity (Wildman–Crippen MR) is 106 cm³/mol. The minimum Gasteiger partial charge on any atom is -0.481 e. The summed E-state index contributed by atoms with van der Waals surface area (Å²) in [6.07, 6.45) is -0.546. The Kier molecular flexibility index (Phi) is 4.68. The van der Waals surface area contributed by atoms with E-state index in [2.05, 4.69) is 5.32 Å². The Bertz CT molecular complexity index is 1020. The molecule has 0 aromatic heterocycles. The van der Waals surface area contributed by atoms with Gasteiger partial charge in [0.2, 0.25) is 0 Å². The zero-order valence-electron chi connectivity index (χ0n) is 14.9. The lowest BCUT2D eigenvalue weighted by Gasteiger charge is -2.38. The van der Waals surface area contributed by atoms with E-state index >= 15 is 0 Å². The first-order valence-corrected chi connectivity index (χ1v) is 8.83. The fraction of sp³-hybridized carbons (Fsp3) is 0.0909. The molecule has 0 unspecified atom stereocenters. The maximum absolute atomic E-state index is 13.3. The van der Waals surface area contributed by atoms with Crippen LogP contribution >= 0.6 is 0 Å². The van der Waals surface area contributed by atoms with E-state index in [-0.39, 0.29) is 5.91 Å². The first-order valence-electron chi connectivity index (χ1n) is 8.83. The average molecular weight is 374 g/mol. The highest BCUT2D eigenvalue weighted by Crippen LogP contribution is 2.39. The van der Waals surface area contributed by atoms with Gasteiger partial charge in [-0.3, -0.25) is 9.69 Å². The van der Waals surface area contributed by atoms with E-state index in [1.165, 1.54) is 0 Å². The van der Waals surface area contributed by atoms with E-state index in [0.717, 1.165) is 11.4 Å². The molecule has 28 heavy (non-hydrogen) atoms. The van der Waals surface area contributed by atoms with Gasteiger partial charge in [0.05, 0.1) is 5.56 Å². The molecule has 2 N–H and O–H groups in total. The van der Waals surface area contributed by atoms with Gasteiger partial charge >= 0.3 is 5.97 Å². The van der Waals surface area contributed by atoms with Gasteiger partial charge in [-0.1, -0.05) is 48.5 Å². The zero-order valence-corrected chi connectivity index (χ0v) is 14.9. The fourth-order valence-corrected chi connectivity index (χ4v) is 3.30. The molecule has 0 fully saturated rings. The second-order valence-corrected chi connectivity index (χ2v) is 6.32. The number of carboxylic acid groups (broad SMARTS) is 1. The average Bonchev–Trinajstić information content (AvgIpc) is 2.73. The molecule has 1 amide bonds. The van der Waals surface area contributed by atoms with Crippen molar-refractivity contribution in [1.82, 2.24) is 0 Å². The number of aliphatic carboxylic acids is 1. The van der Waals surface area contributed by atoms with Crippen LogP contribution in [0.2, 0.25) is 0 Å². The third-order valence-electron chi connectivity index (χ3n) is 4.53. The molecule has 0 saturated heterocycles. The van der Waals surface area contributed by atoms with Crippen molar-refractivity contribution < 1.29 is 19.4 Å². The monoisotopic (exact) mass is 374 g/mol. The highest BCUT2D eigenvalue weighted by Gasteiger charge is 2.35. The Morgan fingerprint density at radius 2 is 1.64 bits per heavy atom. The first kappa shape index (κ1) is 17.6. The van der Waals surface area contributed by atoms with Crippen LogP contribution in [-0.4, -0.2) is 23.6 Å². The maximum Gasteiger partial charge on any atom is 0.341 e. The SMILES string of the molecule is O=C(O)COc1ccccc1[C@H]1Nc2ccccc2C(=O)N1c1ccccc1. The molecule has 6 heteroatoms. The molecule has 1 heterocycles. The normalized spacial score (nSPS) is 15.5. The summed E-state index contributed by atoms with van der Waals surface area (Å²) in [5.41, 5.74) is 2.70. The largest absolute Gasteiger partial charge is 0.481 e. The number of hydrogen-bond donors (Lipinski definition) is 2. The van der Waals surface area contributed by atoms with E-state index < -0.39 is 18.7 Å². The van der Waals surface area contributed by atoms with E-state index in [1.807, 2.05) is 60.7 Å². The van der Waals surface area contributed by atoms with E-state index in [1.54, 1.807) is 23.1 Å². The van der Waals surface area contributed by atoms with Crippen LogP contribution < -0.4 is 15.0 Å². The number of carbonyl (C=O) groups is 2. The number of nitrogens with one attached hydrogen (secondary N) is 1. The van der Waals surface area contributed by atoms with Gasteiger partial charge in [0, 0.05) is 16.9 Å². The second kappa shape index (κ2) is 7.44. The third-order valence-corrected chi connectivity index (χ3v) is 4.53. The second-order valence-electron chi connectivity index (χ2n) is 6.32. The molecule has 1 aliphatic rings. The molecule has 0 radical (unpaired) electrons. The summed E-state index contributed by atoms with van der Waals surface area (Å²) in [7, 11) is 0. The number of fused-ring (bicyclic) bond motifs is 1. The lowest BCUT2D eigenvalue weighted by atomic mass is 10.0. The molecule has 3 aromatic carbocycles. The lowest BCUT2D eigenvalue weighted by Crippen LogP contribution is -2.43. The molecular weight excluding hydrogens is 356 g/mol. The minimum absolute atomic E-state index is 0.140. The van der Waals surface area contributed by atoms with Crippen molar-refractivity contribution in [3.8, 4) is 5.75 Å². The molecule has 0 aliphatic carbocycles. The summed E-state index contributed by atoms with van der Waals surface area (Å²) in [5.74, 6) is -0.790. The van der Waals surface area contributed by atoms with Crippen molar-refractivity contribution >= 4 is 23.3 Å². The molecule has 1 aliphatic heterocycles. The number of hydrogen-bond acceptors (Lipinski definition) is 4. The van der Waals surface area contributed by atoms with Gasteiger partial charge in [-0.15, -0.1) is 0 Å². The van der Waals surface area contributed by atoms with E-state index in [0.29, 0.717) is 16.9 Å². The number of carbonyl (C=O) groups excluding carboxylic acids is 1. The van der Waals surface area contributed by atoms with Gasteiger partial charge in [-0.25, -0.2) is 4.79 Å². The topological polar surface area (TPSA) is 78.9 Å². The maximum atomic E-state index is 13.3. The minimum atomic E-state index is -1.06. The standard InChI is InChI=1S/C22H18N2O4/c25-20(26)14-28-19-13-7-5-11-17(19)21-23-18-12-6-4-10-16(18)22(27)24(21)15-8-2-1-3-9-15/h1-13,21,23H,14H2,(H,25,26)/t21-/m0/s1. The van der Waals surface area contributed by atoms with Crippen LogP contribution in [-0.2, 0) is 4.79 Å². The molecule has 0 bridgehead atoms. The van der Waals surface area contributed by atoms with Crippen LogP contribution in [0.4, 0.5) is 11.4 Å². The number of para-hydroxylation sites is 3. The molecule has 0 spiro atoms. The van der Waals surface area contributed by atoms with Gasteiger partial charge in [0.1, 0.15) is 11.9 Å². The van der Waals surface area contributed by atoms with Crippen molar-refractivity contribution in [3.05, 3.63) is 90.0 Å². The van der Waals surface area contributed by atoms with Crippen LogP contribution in [0.1, 0.15) is 22.1 Å². The molecule has 6 nitrogen and oxygen atoms in total. The summed E-state index contributed by atoms with van der Waals surface area (Å²) in [4.78, 5) is 25.9. The molecule has 140 valence electrons. The smallest absolute Gasteiger partial charge is 0.341 e. The van der Waals surface area contributed by atoms with Crippen LogP contribution in [0.15, 0.2) is 78.9 Å². The molecule has 3 aromatic rings. The summed E-state index contributed by atoms with van der Waals surface area (Å²) in [6, 6.07) is 23.8. The number of rotatable bonds is 5. The zero-order chi connectivity index (χ0) is 19.5. The van der Waals surface area contributed by atoms with Crippen LogP contribution in [0.3, 0.4) is 0 Å². The first-order chi connectivity index (χ1) is 13.6. The summed E-state index contributed by atoms with van der Waals surface area (Å²) < 4.78 is 5.48. The van der Waals surface area contributed by atoms with Crippen LogP contribution in [0, 0.1) is 0 Å². The van der Waals surface area contributed by atoms with E-state index in [4.69, 9.17) is 9.84 Å². The Morgan fingerprint density at radius 3 is 2.43 bits per heavy atom. The molecule has 1 atom stereocenters. The highest BCUT2D eigenvalue weighted by molar-refractivity contribution is 6.12. The van der Waals surface area contributed by atoms with Crippen molar-refractivity contribution in [2.24, 2.45) is 0 Å². The third kappa shape index (κ3) is 3.27. The Morgan fingerprint density at radius 1 is 0.964 bits per heavy atom.